The molecule has 0 aliphatic carbocycles. The van der Waals surface area contributed by atoms with Crippen molar-refractivity contribution in [2.24, 2.45) is 0 Å². The topological polar surface area (TPSA) is 61.8 Å². The summed E-state index contributed by atoms with van der Waals surface area (Å²) in [6.07, 6.45) is 0. The molecule has 0 aromatic heterocycles. The molecule has 0 spiro atoms. The molecule has 0 saturated heterocycles. The fourth-order valence-corrected chi connectivity index (χ4v) is 3.53. The first-order chi connectivity index (χ1) is 9.61. The van der Waals surface area contributed by atoms with E-state index < -0.39 is 5.25 Å². The number of carbonyl (C=O) groups excluding carboxylic acids is 2. The maximum absolute atomic E-state index is 12.3. The van der Waals surface area contributed by atoms with E-state index in [2.05, 4.69) is 0 Å². The number of thioether (sulfide) groups is 1. The number of esters is 1. The van der Waals surface area contributed by atoms with Crippen LogP contribution in [0.4, 0.5) is 0 Å². The Morgan fingerprint density at radius 1 is 1.40 bits per heavy atom. The zero-order valence-corrected chi connectivity index (χ0v) is 12.0. The summed E-state index contributed by atoms with van der Waals surface area (Å²) in [5.74, 6) is 0.806. The Balaban J connectivity index is 2.07. The predicted octanol–water partition coefficient (Wildman–Crippen LogP) is 2.34. The third-order valence-electron chi connectivity index (χ3n) is 3.30. The van der Waals surface area contributed by atoms with Crippen molar-refractivity contribution in [2.75, 3.05) is 13.4 Å². The number of fused-ring (bicyclic) bond motifs is 2. The lowest BCUT2D eigenvalue weighted by Gasteiger charge is -2.27. The summed E-state index contributed by atoms with van der Waals surface area (Å²) in [6.45, 7) is 4.02. The Labute approximate surface area is 120 Å². The molecule has 0 fully saturated rings. The third-order valence-corrected chi connectivity index (χ3v) is 4.64. The highest BCUT2D eigenvalue weighted by atomic mass is 32.2. The molecule has 2 aliphatic rings. The van der Waals surface area contributed by atoms with Crippen LogP contribution in [0.2, 0.25) is 0 Å². The van der Waals surface area contributed by atoms with Gasteiger partial charge in [0.15, 0.2) is 17.3 Å². The Morgan fingerprint density at radius 3 is 2.80 bits per heavy atom. The van der Waals surface area contributed by atoms with E-state index in [-0.39, 0.29) is 23.8 Å². The average molecular weight is 294 g/mol. The Morgan fingerprint density at radius 2 is 2.10 bits per heavy atom. The van der Waals surface area contributed by atoms with Gasteiger partial charge in [-0.15, -0.1) is 11.8 Å². The molecule has 0 unspecified atom stereocenters. The van der Waals surface area contributed by atoms with Gasteiger partial charge in [-0.25, -0.2) is 0 Å². The van der Waals surface area contributed by atoms with Crippen molar-refractivity contribution in [3.8, 4) is 11.5 Å². The van der Waals surface area contributed by atoms with Crippen molar-refractivity contribution in [3.63, 3.8) is 0 Å². The van der Waals surface area contributed by atoms with Gasteiger partial charge in [-0.05, 0) is 31.5 Å². The molecule has 3 rings (SSSR count). The van der Waals surface area contributed by atoms with Crippen molar-refractivity contribution in [1.82, 2.24) is 0 Å². The molecule has 2 heterocycles. The van der Waals surface area contributed by atoms with E-state index in [9.17, 15) is 9.59 Å². The first-order valence-corrected chi connectivity index (χ1v) is 7.36. The summed E-state index contributed by atoms with van der Waals surface area (Å²) in [4.78, 5) is 24.4. The molecule has 2 atom stereocenters. The number of benzene rings is 1. The van der Waals surface area contributed by atoms with Gasteiger partial charge in [0.25, 0.3) is 0 Å². The highest BCUT2D eigenvalue weighted by Crippen LogP contribution is 2.46. The van der Waals surface area contributed by atoms with E-state index in [4.69, 9.17) is 14.2 Å². The highest BCUT2D eigenvalue weighted by molar-refractivity contribution is 8.01. The molecule has 1 aromatic rings. The van der Waals surface area contributed by atoms with E-state index in [0.717, 1.165) is 0 Å². The molecular weight excluding hydrogens is 280 g/mol. The molecule has 106 valence electrons. The van der Waals surface area contributed by atoms with E-state index in [1.54, 1.807) is 26.0 Å². The van der Waals surface area contributed by atoms with Gasteiger partial charge >= 0.3 is 5.97 Å². The highest BCUT2D eigenvalue weighted by Gasteiger charge is 2.38. The second kappa shape index (κ2) is 5.01. The van der Waals surface area contributed by atoms with Gasteiger partial charge in [-0.2, -0.15) is 0 Å². The van der Waals surface area contributed by atoms with Gasteiger partial charge < -0.3 is 14.2 Å². The summed E-state index contributed by atoms with van der Waals surface area (Å²) in [5, 5.41) is -0.774. The van der Waals surface area contributed by atoms with Crippen LogP contribution in [0.25, 0.3) is 0 Å². The summed E-state index contributed by atoms with van der Waals surface area (Å²) < 4.78 is 15.7. The number of carbonyl (C=O) groups is 2. The van der Waals surface area contributed by atoms with E-state index in [1.807, 2.05) is 0 Å². The van der Waals surface area contributed by atoms with Crippen LogP contribution in [-0.4, -0.2) is 30.4 Å². The minimum absolute atomic E-state index is 0.00356. The minimum atomic E-state index is -0.493. The van der Waals surface area contributed by atoms with Crippen molar-refractivity contribution < 1.29 is 23.8 Å². The SMILES string of the molecule is CCOC(=O)[C@@H]1S[C@@H](C)C(=O)c2cc3c(cc21)OCO3. The Kier molecular flexibility index (Phi) is 3.33. The van der Waals surface area contributed by atoms with Gasteiger partial charge in [0.05, 0.1) is 11.9 Å². The Hall–Kier alpha value is -1.69. The monoisotopic (exact) mass is 294 g/mol. The van der Waals surface area contributed by atoms with Crippen LogP contribution in [0.5, 0.6) is 11.5 Å². The predicted molar refractivity (Wildman–Crippen MR) is 73.3 cm³/mol. The van der Waals surface area contributed by atoms with Crippen LogP contribution >= 0.6 is 11.8 Å². The smallest absolute Gasteiger partial charge is 0.323 e. The Bertz CT molecular complexity index is 583. The summed E-state index contributed by atoms with van der Waals surface area (Å²) >= 11 is 1.31. The zero-order valence-electron chi connectivity index (χ0n) is 11.2. The second-order valence-corrected chi connectivity index (χ2v) is 6.02. The molecule has 1 aromatic carbocycles. The maximum atomic E-state index is 12.3. The lowest BCUT2D eigenvalue weighted by Crippen LogP contribution is -2.27. The van der Waals surface area contributed by atoms with Crippen LogP contribution in [0.3, 0.4) is 0 Å². The van der Waals surface area contributed by atoms with Gasteiger partial charge in [0.1, 0.15) is 5.25 Å². The van der Waals surface area contributed by atoms with E-state index in [1.165, 1.54) is 11.8 Å². The number of rotatable bonds is 2. The van der Waals surface area contributed by atoms with Crippen molar-refractivity contribution in [3.05, 3.63) is 23.3 Å². The normalized spacial score (nSPS) is 23.4. The molecule has 5 nitrogen and oxygen atoms in total. The van der Waals surface area contributed by atoms with Crippen LogP contribution in [0.15, 0.2) is 12.1 Å². The van der Waals surface area contributed by atoms with Gasteiger partial charge in [-0.1, -0.05) is 0 Å². The quantitative estimate of drug-likeness (QED) is 0.780. The maximum Gasteiger partial charge on any atom is 0.323 e. The van der Waals surface area contributed by atoms with E-state index in [0.29, 0.717) is 29.2 Å². The zero-order chi connectivity index (χ0) is 14.3. The lowest BCUT2D eigenvalue weighted by molar-refractivity contribution is -0.142. The lowest BCUT2D eigenvalue weighted by atomic mass is 9.97. The largest absolute Gasteiger partial charge is 0.465 e. The fourth-order valence-electron chi connectivity index (χ4n) is 2.35. The fraction of sp³-hybridized carbons (Fsp3) is 0.429. The number of ketones is 1. The number of Topliss-reactive ketones (excluding diaryl/α,β-unsaturated/α-hetero) is 1. The molecule has 0 bridgehead atoms. The molecule has 6 heteroatoms. The minimum Gasteiger partial charge on any atom is -0.465 e. The number of hydrogen-bond donors (Lipinski definition) is 0. The van der Waals surface area contributed by atoms with Gasteiger partial charge in [-0.3, -0.25) is 9.59 Å². The molecule has 0 amide bonds. The summed E-state index contributed by atoms with van der Waals surface area (Å²) in [5.41, 5.74) is 1.18. The van der Waals surface area contributed by atoms with Gasteiger partial charge in [0, 0.05) is 5.56 Å². The van der Waals surface area contributed by atoms with Crippen molar-refractivity contribution in [1.29, 1.82) is 0 Å². The number of hydrogen-bond acceptors (Lipinski definition) is 6. The molecule has 20 heavy (non-hydrogen) atoms. The second-order valence-electron chi connectivity index (χ2n) is 4.57. The van der Waals surface area contributed by atoms with Crippen molar-refractivity contribution in [2.45, 2.75) is 24.3 Å². The summed E-state index contributed by atoms with van der Waals surface area (Å²) in [6, 6.07) is 3.39. The number of ether oxygens (including phenoxy) is 3. The molecular formula is C14H14O5S. The van der Waals surface area contributed by atoms with Crippen LogP contribution in [0.1, 0.15) is 35.0 Å². The first-order valence-electron chi connectivity index (χ1n) is 6.41. The summed E-state index contributed by atoms with van der Waals surface area (Å²) in [7, 11) is 0. The average Bonchev–Trinajstić information content (AvgIpc) is 2.88. The van der Waals surface area contributed by atoms with Gasteiger partial charge in [0.2, 0.25) is 6.79 Å². The van der Waals surface area contributed by atoms with Crippen LogP contribution in [0, 0.1) is 0 Å². The first kappa shape index (κ1) is 13.3. The standard InChI is InChI=1S/C14H14O5S/c1-3-17-14(16)13-9-5-11-10(18-6-19-11)4-8(9)12(15)7(2)20-13/h4-5,7,13H,3,6H2,1-2H3/t7-,13+/m0/s1. The molecule has 2 aliphatic heterocycles. The van der Waals surface area contributed by atoms with E-state index >= 15 is 0 Å². The van der Waals surface area contributed by atoms with Crippen LogP contribution in [-0.2, 0) is 9.53 Å². The molecule has 0 saturated carbocycles. The third kappa shape index (κ3) is 2.04. The van der Waals surface area contributed by atoms with Crippen molar-refractivity contribution >= 4 is 23.5 Å². The molecule has 0 radical (unpaired) electrons. The molecule has 0 N–H and O–H groups in total. The van der Waals surface area contributed by atoms with Crippen LogP contribution < -0.4 is 9.47 Å².